The molecule has 5 nitrogen and oxygen atoms in total. The average Bonchev–Trinajstić information content (AvgIpc) is 2.74. The minimum atomic E-state index is 0.395. The number of rotatable bonds is 5. The summed E-state index contributed by atoms with van der Waals surface area (Å²) >= 11 is 0. The summed E-state index contributed by atoms with van der Waals surface area (Å²) in [7, 11) is 3.43. The number of hydrogen-bond acceptors (Lipinski definition) is 5. The van der Waals surface area contributed by atoms with Crippen LogP contribution in [0.25, 0.3) is 0 Å². The van der Waals surface area contributed by atoms with Crippen molar-refractivity contribution in [1.29, 1.82) is 0 Å². The molecule has 0 saturated carbocycles. The van der Waals surface area contributed by atoms with E-state index < -0.39 is 0 Å². The van der Waals surface area contributed by atoms with E-state index >= 15 is 0 Å². The molecule has 0 spiro atoms. The highest BCUT2D eigenvalue weighted by atomic mass is 16.5. The molecule has 1 aromatic heterocycles. The Bertz CT molecular complexity index is 796. The maximum atomic E-state index is 5.56. The van der Waals surface area contributed by atoms with Crippen LogP contribution in [-0.4, -0.2) is 54.7 Å². The van der Waals surface area contributed by atoms with Crippen LogP contribution in [0.4, 0.5) is 0 Å². The Hall–Kier alpha value is -2.11. The summed E-state index contributed by atoms with van der Waals surface area (Å²) in [5.74, 6) is 1.67. The Kier molecular flexibility index (Phi) is 5.83. The van der Waals surface area contributed by atoms with Gasteiger partial charge in [-0.1, -0.05) is 6.07 Å². The van der Waals surface area contributed by atoms with Crippen LogP contribution in [0.1, 0.15) is 42.5 Å². The number of nitrogens with zero attached hydrogens (tertiary/aromatic N) is 3. The predicted molar refractivity (Wildman–Crippen MR) is 111 cm³/mol. The van der Waals surface area contributed by atoms with Crippen LogP contribution < -0.4 is 9.47 Å². The number of pyridine rings is 1. The molecular formula is C23H31N3O2. The Labute approximate surface area is 168 Å². The molecule has 2 aliphatic heterocycles. The highest BCUT2D eigenvalue weighted by molar-refractivity contribution is 5.49. The molecular weight excluding hydrogens is 350 g/mol. The smallest absolute Gasteiger partial charge is 0.161 e. The summed E-state index contributed by atoms with van der Waals surface area (Å²) in [5.41, 5.74) is 4.08. The number of ether oxygens (including phenoxy) is 2. The van der Waals surface area contributed by atoms with Gasteiger partial charge in [0.15, 0.2) is 11.5 Å². The topological polar surface area (TPSA) is 37.8 Å². The van der Waals surface area contributed by atoms with Crippen molar-refractivity contribution in [2.45, 2.75) is 44.8 Å². The molecule has 2 atom stereocenters. The highest BCUT2D eigenvalue weighted by Crippen LogP contribution is 2.39. The molecule has 1 saturated heterocycles. The number of methoxy groups -OCH3 is 2. The third kappa shape index (κ3) is 3.87. The molecule has 150 valence electrons. The van der Waals surface area contributed by atoms with Crippen molar-refractivity contribution < 1.29 is 9.47 Å². The lowest BCUT2D eigenvalue weighted by molar-refractivity contribution is 0.0607. The van der Waals surface area contributed by atoms with Crippen molar-refractivity contribution in [3.8, 4) is 11.5 Å². The fourth-order valence-electron chi connectivity index (χ4n) is 4.86. The zero-order valence-electron chi connectivity index (χ0n) is 17.2. The van der Waals surface area contributed by atoms with Gasteiger partial charge in [0.05, 0.1) is 14.2 Å². The predicted octanol–water partition coefficient (Wildman–Crippen LogP) is 3.68. The molecule has 2 aliphatic rings. The number of likely N-dealkylation sites (tertiary alicyclic amines) is 1. The molecule has 0 radical (unpaired) electrons. The lowest BCUT2D eigenvalue weighted by Crippen LogP contribution is -2.50. The Morgan fingerprint density at radius 2 is 1.96 bits per heavy atom. The van der Waals surface area contributed by atoms with Gasteiger partial charge in [0.2, 0.25) is 0 Å². The second kappa shape index (κ2) is 8.50. The average molecular weight is 382 g/mol. The molecule has 1 fully saturated rings. The molecule has 0 bridgehead atoms. The van der Waals surface area contributed by atoms with Gasteiger partial charge in [-0.05, 0) is 67.6 Å². The summed E-state index contributed by atoms with van der Waals surface area (Å²) in [6.45, 7) is 6.74. The quantitative estimate of drug-likeness (QED) is 0.790. The van der Waals surface area contributed by atoms with Gasteiger partial charge in [-0.3, -0.25) is 14.8 Å². The summed E-state index contributed by atoms with van der Waals surface area (Å²) in [6.07, 6.45) is 7.43. The number of fused-ring (bicyclic) bond motifs is 1. The lowest BCUT2D eigenvalue weighted by Gasteiger charge is -2.45. The van der Waals surface area contributed by atoms with Crippen molar-refractivity contribution in [3.05, 3.63) is 53.3 Å². The third-order valence-corrected chi connectivity index (χ3v) is 6.31. The number of aromatic nitrogens is 1. The third-order valence-electron chi connectivity index (χ3n) is 6.31. The molecule has 5 heteroatoms. The summed E-state index contributed by atoms with van der Waals surface area (Å²) in [5, 5.41) is 0. The van der Waals surface area contributed by atoms with Crippen molar-refractivity contribution in [2.24, 2.45) is 0 Å². The number of benzene rings is 1. The van der Waals surface area contributed by atoms with Crippen molar-refractivity contribution in [2.75, 3.05) is 33.9 Å². The number of hydrogen-bond donors (Lipinski definition) is 0. The molecule has 4 rings (SSSR count). The van der Waals surface area contributed by atoms with Gasteiger partial charge in [-0.15, -0.1) is 0 Å². The van der Waals surface area contributed by atoms with Gasteiger partial charge in [-0.2, -0.15) is 0 Å². The molecule has 2 aromatic rings. The first kappa shape index (κ1) is 19.2. The summed E-state index contributed by atoms with van der Waals surface area (Å²) in [4.78, 5) is 9.55. The molecule has 0 aliphatic carbocycles. The zero-order valence-corrected chi connectivity index (χ0v) is 17.2. The minimum absolute atomic E-state index is 0.395. The van der Waals surface area contributed by atoms with Crippen molar-refractivity contribution >= 4 is 0 Å². The molecule has 2 unspecified atom stereocenters. The van der Waals surface area contributed by atoms with Gasteiger partial charge in [0.25, 0.3) is 0 Å². The first-order valence-electron chi connectivity index (χ1n) is 10.3. The Morgan fingerprint density at radius 3 is 2.71 bits per heavy atom. The van der Waals surface area contributed by atoms with Crippen molar-refractivity contribution in [3.63, 3.8) is 0 Å². The second-order valence-electron chi connectivity index (χ2n) is 7.96. The van der Waals surface area contributed by atoms with E-state index in [9.17, 15) is 0 Å². The van der Waals surface area contributed by atoms with Crippen LogP contribution in [0.3, 0.4) is 0 Å². The van der Waals surface area contributed by atoms with E-state index in [-0.39, 0.29) is 0 Å². The van der Waals surface area contributed by atoms with Crippen LogP contribution >= 0.6 is 0 Å². The summed E-state index contributed by atoms with van der Waals surface area (Å²) in [6, 6.07) is 9.55. The highest BCUT2D eigenvalue weighted by Gasteiger charge is 2.33. The number of piperidine rings is 1. The molecule has 28 heavy (non-hydrogen) atoms. The van der Waals surface area contributed by atoms with Crippen LogP contribution in [0.2, 0.25) is 0 Å². The van der Waals surface area contributed by atoms with Crippen molar-refractivity contribution in [1.82, 2.24) is 14.8 Å². The second-order valence-corrected chi connectivity index (χ2v) is 7.96. The fourth-order valence-corrected chi connectivity index (χ4v) is 4.86. The molecule has 0 N–H and O–H groups in total. The van der Waals surface area contributed by atoms with E-state index in [1.165, 1.54) is 36.1 Å². The van der Waals surface area contributed by atoms with Crippen LogP contribution in [-0.2, 0) is 13.0 Å². The molecule has 0 amide bonds. The normalized spacial score (nSPS) is 23.2. The lowest BCUT2D eigenvalue weighted by atomic mass is 9.90. The first-order chi connectivity index (χ1) is 13.7. The Morgan fingerprint density at radius 1 is 1.14 bits per heavy atom. The van der Waals surface area contributed by atoms with E-state index in [0.717, 1.165) is 37.6 Å². The minimum Gasteiger partial charge on any atom is -0.493 e. The van der Waals surface area contributed by atoms with Gasteiger partial charge in [0.1, 0.15) is 0 Å². The van der Waals surface area contributed by atoms with Gasteiger partial charge in [0, 0.05) is 44.1 Å². The monoisotopic (exact) mass is 381 g/mol. The summed E-state index contributed by atoms with van der Waals surface area (Å²) < 4.78 is 11.1. The zero-order chi connectivity index (χ0) is 19.5. The van der Waals surface area contributed by atoms with E-state index in [4.69, 9.17) is 9.47 Å². The maximum absolute atomic E-state index is 5.56. The van der Waals surface area contributed by atoms with E-state index in [1.54, 1.807) is 14.2 Å². The van der Waals surface area contributed by atoms with E-state index in [0.29, 0.717) is 12.1 Å². The maximum Gasteiger partial charge on any atom is 0.161 e. The van der Waals surface area contributed by atoms with Crippen LogP contribution in [0, 0.1) is 0 Å². The molecule has 3 heterocycles. The van der Waals surface area contributed by atoms with Gasteiger partial charge >= 0.3 is 0 Å². The van der Waals surface area contributed by atoms with Crippen LogP contribution in [0.5, 0.6) is 11.5 Å². The largest absolute Gasteiger partial charge is 0.493 e. The van der Waals surface area contributed by atoms with E-state index in [2.05, 4.69) is 39.9 Å². The Balaban J connectivity index is 1.49. The molecule has 1 aromatic carbocycles. The standard InChI is InChI=1S/C23H31N3O2/c1-17-21-13-23(28-3)22(27-2)12-19(21)8-11-26(17)20-7-5-10-25(16-20)15-18-6-4-9-24-14-18/h4,6,9,12-14,17,20H,5,7-8,10-11,15-16H2,1-3H3. The first-order valence-corrected chi connectivity index (χ1v) is 10.3. The van der Waals surface area contributed by atoms with Crippen LogP contribution in [0.15, 0.2) is 36.7 Å². The van der Waals surface area contributed by atoms with Gasteiger partial charge in [-0.25, -0.2) is 0 Å². The fraction of sp³-hybridized carbons (Fsp3) is 0.522. The SMILES string of the molecule is COc1cc2c(cc1OC)C(C)N(C1CCCN(Cc3cccnc3)C1)CC2. The van der Waals surface area contributed by atoms with E-state index in [1.807, 2.05) is 18.5 Å². The van der Waals surface area contributed by atoms with Gasteiger partial charge < -0.3 is 9.47 Å².